The van der Waals surface area contributed by atoms with E-state index in [1.54, 1.807) is 7.11 Å². The van der Waals surface area contributed by atoms with Gasteiger partial charge < -0.3 is 15.2 Å². The van der Waals surface area contributed by atoms with Crippen LogP contribution in [-0.2, 0) is 4.79 Å². The van der Waals surface area contributed by atoms with Crippen molar-refractivity contribution in [2.45, 2.75) is 32.1 Å². The number of carbonyl (C=O) groups is 1. The molecule has 0 spiro atoms. The van der Waals surface area contributed by atoms with Crippen molar-refractivity contribution in [2.75, 3.05) is 13.7 Å². The maximum absolute atomic E-state index is 11.6. The second-order valence-corrected chi connectivity index (χ2v) is 4.98. The van der Waals surface area contributed by atoms with E-state index in [1.165, 1.54) is 12.8 Å². The van der Waals surface area contributed by atoms with Crippen molar-refractivity contribution in [1.82, 2.24) is 0 Å². The number of carbonyl (C=O) groups excluding carboxylic acids is 1. The highest BCUT2D eigenvalue weighted by Crippen LogP contribution is 2.40. The van der Waals surface area contributed by atoms with Crippen molar-refractivity contribution in [1.29, 1.82) is 0 Å². The van der Waals surface area contributed by atoms with Gasteiger partial charge in [0.15, 0.2) is 11.5 Å². The zero-order valence-corrected chi connectivity index (χ0v) is 11.5. The molecule has 104 valence electrons. The first kappa shape index (κ1) is 13.7. The summed E-state index contributed by atoms with van der Waals surface area (Å²) in [7, 11) is 1.60. The first-order valence-corrected chi connectivity index (χ1v) is 6.75. The quantitative estimate of drug-likeness (QED) is 0.822. The van der Waals surface area contributed by atoms with Gasteiger partial charge in [-0.05, 0) is 37.0 Å². The van der Waals surface area contributed by atoms with Crippen molar-refractivity contribution in [2.24, 2.45) is 11.7 Å². The highest BCUT2D eigenvalue weighted by Gasteiger charge is 2.29. The summed E-state index contributed by atoms with van der Waals surface area (Å²) >= 11 is 0. The lowest BCUT2D eigenvalue weighted by Gasteiger charge is -2.16. The van der Waals surface area contributed by atoms with Crippen molar-refractivity contribution in [3.05, 3.63) is 23.8 Å². The Morgan fingerprint density at radius 3 is 2.68 bits per heavy atom. The third-order valence-electron chi connectivity index (χ3n) is 3.50. The van der Waals surface area contributed by atoms with Crippen molar-refractivity contribution >= 4 is 5.91 Å². The second kappa shape index (κ2) is 5.95. The molecule has 2 N–H and O–H groups in total. The predicted molar refractivity (Wildman–Crippen MR) is 73.4 cm³/mol. The highest BCUT2D eigenvalue weighted by molar-refractivity contribution is 5.82. The largest absolute Gasteiger partial charge is 0.493 e. The molecule has 0 bridgehead atoms. The number of hydrogen-bond donors (Lipinski definition) is 1. The number of methoxy groups -OCH3 is 1. The van der Waals surface area contributed by atoms with Crippen LogP contribution in [-0.4, -0.2) is 19.6 Å². The normalized spacial score (nSPS) is 15.9. The molecule has 0 radical (unpaired) electrons. The molecule has 4 nitrogen and oxygen atoms in total. The monoisotopic (exact) mass is 263 g/mol. The van der Waals surface area contributed by atoms with Gasteiger partial charge in [0.1, 0.15) is 0 Å². The summed E-state index contributed by atoms with van der Waals surface area (Å²) in [5.74, 6) is 1.51. The Bertz CT molecular complexity index is 455. The lowest BCUT2D eigenvalue weighted by molar-refractivity contribution is -0.119. The molecular formula is C15H21NO3. The van der Waals surface area contributed by atoms with Gasteiger partial charge in [0.2, 0.25) is 5.91 Å². The Balaban J connectivity index is 2.25. The van der Waals surface area contributed by atoms with Gasteiger partial charge in [0, 0.05) is 0 Å². The van der Waals surface area contributed by atoms with Crippen LogP contribution < -0.4 is 15.2 Å². The number of primary amides is 1. The van der Waals surface area contributed by atoms with E-state index in [-0.39, 0.29) is 11.8 Å². The van der Waals surface area contributed by atoms with Crippen LogP contribution in [0.3, 0.4) is 0 Å². The molecule has 2 rings (SSSR count). The van der Waals surface area contributed by atoms with Crippen LogP contribution in [0.5, 0.6) is 11.5 Å². The lowest BCUT2D eigenvalue weighted by Crippen LogP contribution is -2.22. The average Bonchev–Trinajstić information content (AvgIpc) is 3.20. The molecule has 0 aromatic heterocycles. The summed E-state index contributed by atoms with van der Waals surface area (Å²) in [5, 5.41) is 0. The standard InChI is InChI=1S/C15H21NO3/c1-3-19-14-9-11(6-7-13(14)18-2)12(15(16)17)8-10-4-5-10/h6-7,9-10,12H,3-5,8H2,1-2H3,(H2,16,17). The van der Waals surface area contributed by atoms with Crippen molar-refractivity contribution < 1.29 is 14.3 Å². The van der Waals surface area contributed by atoms with Gasteiger partial charge in [-0.2, -0.15) is 0 Å². The average molecular weight is 263 g/mol. The van der Waals surface area contributed by atoms with Crippen LogP contribution in [0.4, 0.5) is 0 Å². The summed E-state index contributed by atoms with van der Waals surface area (Å²) in [4.78, 5) is 11.6. The Morgan fingerprint density at radius 2 is 2.16 bits per heavy atom. The molecule has 0 heterocycles. The van der Waals surface area contributed by atoms with Crippen LogP contribution in [0, 0.1) is 5.92 Å². The molecule has 1 aliphatic carbocycles. The number of hydrogen-bond acceptors (Lipinski definition) is 3. The summed E-state index contributed by atoms with van der Waals surface area (Å²) in [5.41, 5.74) is 6.45. The molecule has 1 saturated carbocycles. The van der Waals surface area contributed by atoms with E-state index in [9.17, 15) is 4.79 Å². The van der Waals surface area contributed by atoms with Gasteiger partial charge >= 0.3 is 0 Å². The minimum Gasteiger partial charge on any atom is -0.493 e. The van der Waals surface area contributed by atoms with Crippen molar-refractivity contribution in [3.63, 3.8) is 0 Å². The highest BCUT2D eigenvalue weighted by atomic mass is 16.5. The lowest BCUT2D eigenvalue weighted by atomic mass is 9.92. The minimum absolute atomic E-state index is 0.224. The third kappa shape index (κ3) is 3.40. The van der Waals surface area contributed by atoms with Crippen LogP contribution in [0.2, 0.25) is 0 Å². The number of rotatable bonds is 7. The third-order valence-corrected chi connectivity index (χ3v) is 3.50. The molecular weight excluding hydrogens is 242 g/mol. The van der Waals surface area contributed by atoms with Gasteiger partial charge in [0.25, 0.3) is 0 Å². The first-order chi connectivity index (χ1) is 9.15. The Hall–Kier alpha value is -1.71. The van der Waals surface area contributed by atoms with E-state index in [0.717, 1.165) is 12.0 Å². The zero-order valence-electron chi connectivity index (χ0n) is 11.5. The minimum atomic E-state index is -0.264. The number of amides is 1. The topological polar surface area (TPSA) is 61.5 Å². The van der Waals surface area contributed by atoms with Crippen LogP contribution >= 0.6 is 0 Å². The maximum Gasteiger partial charge on any atom is 0.224 e. The van der Waals surface area contributed by atoms with Crippen molar-refractivity contribution in [3.8, 4) is 11.5 Å². The number of benzene rings is 1. The van der Waals surface area contributed by atoms with Gasteiger partial charge in [-0.3, -0.25) is 4.79 Å². The molecule has 1 amide bonds. The molecule has 19 heavy (non-hydrogen) atoms. The molecule has 0 aliphatic heterocycles. The van der Waals surface area contributed by atoms with Gasteiger partial charge in [0.05, 0.1) is 19.6 Å². The van der Waals surface area contributed by atoms with E-state index in [4.69, 9.17) is 15.2 Å². The van der Waals surface area contributed by atoms with E-state index in [2.05, 4.69) is 0 Å². The van der Waals surface area contributed by atoms with E-state index < -0.39 is 0 Å². The van der Waals surface area contributed by atoms with E-state index in [1.807, 2.05) is 25.1 Å². The predicted octanol–water partition coefficient (Wildman–Crippen LogP) is 2.46. The molecule has 1 unspecified atom stereocenters. The first-order valence-electron chi connectivity index (χ1n) is 6.75. The van der Waals surface area contributed by atoms with E-state index in [0.29, 0.717) is 24.0 Å². The number of ether oxygens (including phenoxy) is 2. The van der Waals surface area contributed by atoms with E-state index >= 15 is 0 Å². The number of nitrogens with two attached hydrogens (primary N) is 1. The fraction of sp³-hybridized carbons (Fsp3) is 0.533. The molecule has 1 atom stereocenters. The van der Waals surface area contributed by atoms with Gasteiger partial charge in [-0.1, -0.05) is 18.9 Å². The summed E-state index contributed by atoms with van der Waals surface area (Å²) in [6.45, 7) is 2.48. The summed E-state index contributed by atoms with van der Waals surface area (Å²) in [6, 6.07) is 5.61. The van der Waals surface area contributed by atoms with Crippen LogP contribution in [0.1, 0.15) is 37.7 Å². The Kier molecular flexibility index (Phi) is 4.30. The second-order valence-electron chi connectivity index (χ2n) is 4.98. The smallest absolute Gasteiger partial charge is 0.224 e. The summed E-state index contributed by atoms with van der Waals surface area (Å²) < 4.78 is 10.8. The fourth-order valence-corrected chi connectivity index (χ4v) is 2.28. The zero-order chi connectivity index (χ0) is 13.8. The SMILES string of the molecule is CCOc1cc(C(CC2CC2)C(N)=O)ccc1OC. The molecule has 1 aromatic rings. The Morgan fingerprint density at radius 1 is 1.42 bits per heavy atom. The van der Waals surface area contributed by atoms with Gasteiger partial charge in [-0.25, -0.2) is 0 Å². The van der Waals surface area contributed by atoms with Crippen LogP contribution in [0.25, 0.3) is 0 Å². The fourth-order valence-electron chi connectivity index (χ4n) is 2.28. The summed E-state index contributed by atoms with van der Waals surface area (Å²) in [6.07, 6.45) is 3.25. The van der Waals surface area contributed by atoms with Gasteiger partial charge in [-0.15, -0.1) is 0 Å². The molecule has 1 aromatic carbocycles. The Labute approximate surface area is 113 Å². The van der Waals surface area contributed by atoms with Crippen LogP contribution in [0.15, 0.2) is 18.2 Å². The molecule has 1 aliphatic rings. The molecule has 0 saturated heterocycles. The molecule has 4 heteroatoms. The molecule has 1 fully saturated rings. The maximum atomic E-state index is 11.6.